The van der Waals surface area contributed by atoms with Gasteiger partial charge in [-0.1, -0.05) is 67.7 Å². The zero-order chi connectivity index (χ0) is 26.2. The second-order valence-electron chi connectivity index (χ2n) is 8.63. The zero-order valence-electron chi connectivity index (χ0n) is 20.6. The number of carboxylic acid groups (broad SMARTS) is 1. The fraction of sp³-hybridized carbons (Fsp3) is 0.286. The van der Waals surface area contributed by atoms with Crippen molar-refractivity contribution in [1.29, 1.82) is 0 Å². The maximum absolute atomic E-state index is 13.2. The Morgan fingerprint density at radius 3 is 2.70 bits per heavy atom. The minimum absolute atomic E-state index is 0.133. The molecule has 3 aromatic rings. The van der Waals surface area contributed by atoms with Crippen LogP contribution in [0.15, 0.2) is 65.7 Å². The van der Waals surface area contributed by atoms with Gasteiger partial charge in [0.05, 0.1) is 17.2 Å². The molecule has 1 aromatic heterocycles. The van der Waals surface area contributed by atoms with Crippen molar-refractivity contribution in [2.45, 2.75) is 39.0 Å². The number of thioether (sulfide) groups is 1. The van der Waals surface area contributed by atoms with Crippen LogP contribution in [0.5, 0.6) is 5.75 Å². The summed E-state index contributed by atoms with van der Waals surface area (Å²) in [5, 5.41) is 13.7. The number of carbonyl (C=O) groups is 2. The molecule has 9 heteroatoms. The predicted molar refractivity (Wildman–Crippen MR) is 151 cm³/mol. The zero-order valence-corrected chi connectivity index (χ0v) is 22.3. The van der Waals surface area contributed by atoms with Crippen molar-refractivity contribution in [1.82, 2.24) is 14.7 Å². The monoisotopic (exact) mass is 535 g/mol. The number of hydrogen-bond donors (Lipinski definition) is 1. The van der Waals surface area contributed by atoms with Crippen molar-refractivity contribution >= 4 is 46.3 Å². The highest BCUT2D eigenvalue weighted by Crippen LogP contribution is 2.35. The third-order valence-electron chi connectivity index (χ3n) is 5.78. The molecule has 37 heavy (non-hydrogen) atoms. The largest absolute Gasteiger partial charge is 0.494 e. The van der Waals surface area contributed by atoms with E-state index in [2.05, 4.69) is 6.92 Å². The number of aliphatic carboxylic acids is 1. The number of hydrogen-bond acceptors (Lipinski definition) is 6. The van der Waals surface area contributed by atoms with Gasteiger partial charge in [0.1, 0.15) is 15.8 Å². The van der Waals surface area contributed by atoms with Crippen molar-refractivity contribution in [3.05, 3.63) is 71.3 Å². The summed E-state index contributed by atoms with van der Waals surface area (Å²) in [5.41, 5.74) is 3.35. The Morgan fingerprint density at radius 1 is 1.14 bits per heavy atom. The summed E-state index contributed by atoms with van der Waals surface area (Å²) in [4.78, 5) is 26.1. The Morgan fingerprint density at radius 2 is 1.95 bits per heavy atom. The van der Waals surface area contributed by atoms with Crippen LogP contribution in [0.3, 0.4) is 0 Å². The number of rotatable bonds is 12. The van der Waals surface area contributed by atoms with Crippen molar-refractivity contribution in [3.8, 4) is 22.7 Å². The van der Waals surface area contributed by atoms with Gasteiger partial charge in [-0.05, 0) is 49.6 Å². The van der Waals surface area contributed by atoms with Crippen LogP contribution >= 0.6 is 24.0 Å². The van der Waals surface area contributed by atoms with Gasteiger partial charge >= 0.3 is 5.97 Å². The molecule has 0 atom stereocenters. The molecule has 1 amide bonds. The lowest BCUT2D eigenvalue weighted by atomic mass is 10.1. The quantitative estimate of drug-likeness (QED) is 0.169. The molecule has 0 aliphatic carbocycles. The van der Waals surface area contributed by atoms with E-state index in [1.165, 1.54) is 11.8 Å². The third kappa shape index (κ3) is 6.87. The number of ether oxygens (including phenoxy) is 1. The molecule has 1 aliphatic rings. The lowest BCUT2D eigenvalue weighted by Crippen LogP contribution is -2.29. The number of thiocarbonyl (C=S) groups is 1. The van der Waals surface area contributed by atoms with Gasteiger partial charge in [0, 0.05) is 30.3 Å². The molecule has 4 rings (SSSR count). The molecule has 0 spiro atoms. The molecule has 1 saturated heterocycles. The van der Waals surface area contributed by atoms with Gasteiger partial charge in [-0.3, -0.25) is 14.5 Å². The average Bonchev–Trinajstić information content (AvgIpc) is 3.44. The first-order valence-electron chi connectivity index (χ1n) is 12.3. The Balaban J connectivity index is 1.61. The van der Waals surface area contributed by atoms with Gasteiger partial charge < -0.3 is 9.84 Å². The third-order valence-corrected chi connectivity index (χ3v) is 7.15. The van der Waals surface area contributed by atoms with Gasteiger partial charge in [0.15, 0.2) is 0 Å². The van der Waals surface area contributed by atoms with Crippen LogP contribution in [0.2, 0.25) is 0 Å². The van der Waals surface area contributed by atoms with Crippen LogP contribution in [0.1, 0.15) is 44.6 Å². The second-order valence-corrected chi connectivity index (χ2v) is 10.3. The fourth-order valence-corrected chi connectivity index (χ4v) is 5.24. The molecule has 1 aliphatic heterocycles. The van der Waals surface area contributed by atoms with E-state index >= 15 is 0 Å². The summed E-state index contributed by atoms with van der Waals surface area (Å²) < 4.78 is 8.16. The molecule has 1 N–H and O–H groups in total. The number of carboxylic acids is 1. The first-order chi connectivity index (χ1) is 18.0. The van der Waals surface area contributed by atoms with Crippen molar-refractivity contribution in [3.63, 3.8) is 0 Å². The van der Waals surface area contributed by atoms with Crippen LogP contribution in [0, 0.1) is 0 Å². The standard InChI is InChI=1S/C28H29N3O4S2/c1-2-16-35-23-13-9-10-20(17-23)26-21(19-31(29-26)22-11-5-3-6-12-22)18-24-27(34)30(28(36)37-24)15-8-4-7-14-25(32)33/h3,5-6,9-13,17-19H,2,4,7-8,14-16H2,1H3,(H,32,33)/b24-18-. The summed E-state index contributed by atoms with van der Waals surface area (Å²) in [7, 11) is 0. The second kappa shape index (κ2) is 12.7. The van der Waals surface area contributed by atoms with Gasteiger partial charge in [0.2, 0.25) is 0 Å². The molecule has 7 nitrogen and oxygen atoms in total. The van der Waals surface area contributed by atoms with Crippen LogP contribution < -0.4 is 4.74 Å². The lowest BCUT2D eigenvalue weighted by molar-refractivity contribution is -0.137. The smallest absolute Gasteiger partial charge is 0.303 e. The summed E-state index contributed by atoms with van der Waals surface area (Å²) in [6.45, 7) is 3.18. The summed E-state index contributed by atoms with van der Waals surface area (Å²) >= 11 is 6.77. The SMILES string of the molecule is CCCOc1cccc(-c2nn(-c3ccccc3)cc2/C=C2\SC(=S)N(CCCCCC(=O)O)C2=O)c1. The Labute approximate surface area is 226 Å². The minimum atomic E-state index is -0.803. The van der Waals surface area contributed by atoms with Crippen molar-refractivity contribution in [2.75, 3.05) is 13.2 Å². The summed E-state index contributed by atoms with van der Waals surface area (Å²) in [5.74, 6) is -0.164. The van der Waals surface area contributed by atoms with Crippen LogP contribution in [-0.4, -0.2) is 49.1 Å². The molecule has 0 unspecified atom stereocenters. The molecule has 0 radical (unpaired) electrons. The predicted octanol–water partition coefficient (Wildman–Crippen LogP) is 6.17. The van der Waals surface area contributed by atoms with Crippen molar-refractivity contribution < 1.29 is 19.4 Å². The van der Waals surface area contributed by atoms with Gasteiger partial charge in [-0.2, -0.15) is 5.10 Å². The molecule has 192 valence electrons. The topological polar surface area (TPSA) is 84.7 Å². The van der Waals surface area contributed by atoms with E-state index < -0.39 is 5.97 Å². The molecule has 2 aromatic carbocycles. The average molecular weight is 536 g/mol. The minimum Gasteiger partial charge on any atom is -0.494 e. The number of amides is 1. The van der Waals surface area contributed by atoms with Crippen LogP contribution in [-0.2, 0) is 9.59 Å². The Bertz CT molecular complexity index is 1300. The molecular weight excluding hydrogens is 506 g/mol. The summed E-state index contributed by atoms with van der Waals surface area (Å²) in [6.07, 6.45) is 6.84. The number of nitrogens with zero attached hydrogens (tertiary/aromatic N) is 3. The fourth-order valence-electron chi connectivity index (χ4n) is 3.94. The van der Waals surface area contributed by atoms with E-state index in [0.29, 0.717) is 35.2 Å². The number of para-hydroxylation sites is 1. The van der Waals surface area contributed by atoms with E-state index in [1.807, 2.05) is 71.6 Å². The number of benzene rings is 2. The van der Waals surface area contributed by atoms with Crippen LogP contribution in [0.4, 0.5) is 0 Å². The van der Waals surface area contributed by atoms with Gasteiger partial charge in [0.25, 0.3) is 5.91 Å². The molecule has 0 bridgehead atoms. The van der Waals surface area contributed by atoms with Crippen molar-refractivity contribution in [2.24, 2.45) is 0 Å². The molecule has 1 fully saturated rings. The lowest BCUT2D eigenvalue weighted by Gasteiger charge is -2.13. The summed E-state index contributed by atoms with van der Waals surface area (Å²) in [6, 6.07) is 17.6. The number of unbranched alkanes of at least 4 members (excludes halogenated alkanes) is 2. The normalized spacial score (nSPS) is 14.5. The molecular formula is C28H29N3O4S2. The van der Waals surface area contributed by atoms with E-state index in [9.17, 15) is 9.59 Å². The first-order valence-corrected chi connectivity index (χ1v) is 13.5. The number of aromatic nitrogens is 2. The first kappa shape index (κ1) is 26.6. The highest BCUT2D eigenvalue weighted by molar-refractivity contribution is 8.26. The van der Waals surface area contributed by atoms with E-state index in [1.54, 1.807) is 4.90 Å². The van der Waals surface area contributed by atoms with E-state index in [0.717, 1.165) is 41.1 Å². The number of carbonyl (C=O) groups excluding carboxylic acids is 1. The van der Waals surface area contributed by atoms with Gasteiger partial charge in [-0.15, -0.1) is 0 Å². The maximum Gasteiger partial charge on any atom is 0.303 e. The van der Waals surface area contributed by atoms with E-state index in [4.69, 9.17) is 27.2 Å². The highest BCUT2D eigenvalue weighted by Gasteiger charge is 2.32. The van der Waals surface area contributed by atoms with Crippen LogP contribution in [0.25, 0.3) is 23.0 Å². The molecule has 0 saturated carbocycles. The Hall–Kier alpha value is -3.43. The highest BCUT2D eigenvalue weighted by atomic mass is 32.2. The van der Waals surface area contributed by atoms with E-state index in [-0.39, 0.29) is 12.3 Å². The Kier molecular flexibility index (Phi) is 9.14. The molecule has 2 heterocycles. The van der Waals surface area contributed by atoms with Gasteiger partial charge in [-0.25, -0.2) is 4.68 Å². The maximum atomic E-state index is 13.2.